The van der Waals surface area contributed by atoms with Crippen LogP contribution in [0, 0.1) is 2.88 Å². The zero-order chi connectivity index (χ0) is 12.4. The van der Waals surface area contributed by atoms with Crippen LogP contribution in [0.2, 0.25) is 0 Å². The highest BCUT2D eigenvalue weighted by Gasteiger charge is 2.30. The number of alkyl halides is 1. The topological polar surface area (TPSA) is 20.3 Å². The summed E-state index contributed by atoms with van der Waals surface area (Å²) in [6, 6.07) is 2.13. The van der Waals surface area contributed by atoms with E-state index >= 15 is 0 Å². The van der Waals surface area contributed by atoms with Gasteiger partial charge in [0.25, 0.3) is 5.91 Å². The zero-order valence-electron chi connectivity index (χ0n) is 9.66. The maximum absolute atomic E-state index is 12.3. The van der Waals surface area contributed by atoms with Gasteiger partial charge < -0.3 is 4.90 Å². The van der Waals surface area contributed by atoms with E-state index in [1.54, 1.807) is 11.3 Å². The van der Waals surface area contributed by atoms with Crippen LogP contribution in [0.1, 0.15) is 36.0 Å². The Morgan fingerprint density at radius 2 is 2.24 bits per heavy atom. The first-order chi connectivity index (χ1) is 8.09. The molecule has 0 aliphatic heterocycles. The molecule has 2 unspecified atom stereocenters. The summed E-state index contributed by atoms with van der Waals surface area (Å²) >= 11 is 10.2. The average molecular weight is 384 g/mol. The molecule has 0 bridgehead atoms. The molecule has 1 aromatic rings. The van der Waals surface area contributed by atoms with Crippen molar-refractivity contribution in [1.82, 2.24) is 4.90 Å². The monoisotopic (exact) mass is 383 g/mol. The summed E-state index contributed by atoms with van der Waals surface area (Å²) in [6.45, 7) is 0. The van der Waals surface area contributed by atoms with E-state index in [1.807, 2.05) is 23.4 Å². The Hall–Kier alpha value is 0.190. The minimum Gasteiger partial charge on any atom is -0.337 e. The molecule has 2 atom stereocenters. The predicted molar refractivity (Wildman–Crippen MR) is 81.0 cm³/mol. The number of nitrogens with zero attached hydrogens (tertiary/aromatic N) is 1. The van der Waals surface area contributed by atoms with Crippen LogP contribution >= 0.6 is 45.5 Å². The van der Waals surface area contributed by atoms with Gasteiger partial charge in [-0.1, -0.05) is 12.8 Å². The van der Waals surface area contributed by atoms with Gasteiger partial charge in [-0.15, -0.1) is 22.9 Å². The second-order valence-corrected chi connectivity index (χ2v) is 7.79. The summed E-state index contributed by atoms with van der Waals surface area (Å²) < 4.78 is 1.14. The van der Waals surface area contributed by atoms with E-state index in [-0.39, 0.29) is 17.3 Å². The normalized spacial score (nSPS) is 24.6. The second kappa shape index (κ2) is 5.89. The van der Waals surface area contributed by atoms with Crippen LogP contribution in [0.3, 0.4) is 0 Å². The van der Waals surface area contributed by atoms with Crippen LogP contribution in [0.4, 0.5) is 0 Å². The van der Waals surface area contributed by atoms with E-state index in [2.05, 4.69) is 22.6 Å². The van der Waals surface area contributed by atoms with Crippen molar-refractivity contribution in [1.29, 1.82) is 0 Å². The zero-order valence-corrected chi connectivity index (χ0v) is 13.4. The van der Waals surface area contributed by atoms with Gasteiger partial charge in [0.15, 0.2) is 0 Å². The number of thiophene rings is 1. The molecule has 1 aliphatic carbocycles. The smallest absolute Gasteiger partial charge is 0.254 e. The van der Waals surface area contributed by atoms with Gasteiger partial charge in [-0.3, -0.25) is 4.79 Å². The fourth-order valence-electron chi connectivity index (χ4n) is 2.28. The highest BCUT2D eigenvalue weighted by molar-refractivity contribution is 14.1. The van der Waals surface area contributed by atoms with Crippen molar-refractivity contribution >= 4 is 51.4 Å². The Bertz CT molecular complexity index is 409. The average Bonchev–Trinajstić information content (AvgIpc) is 2.75. The largest absolute Gasteiger partial charge is 0.337 e. The number of rotatable bonds is 2. The lowest BCUT2D eigenvalue weighted by atomic mass is 9.93. The molecular weight excluding hydrogens is 369 g/mol. The standard InChI is InChI=1S/C12H15ClINOS/c1-15(10-5-3-2-4-9(10)13)12(16)8-6-11(14)17-7-8/h6-7,9-10H,2-5H2,1H3. The first-order valence-corrected chi connectivity index (χ1v) is 8.14. The SMILES string of the molecule is CN(C(=O)c1csc(I)c1)C1CCCCC1Cl. The molecular formula is C12H15ClINOS. The molecule has 5 heteroatoms. The van der Waals surface area contributed by atoms with Crippen molar-refractivity contribution in [2.75, 3.05) is 7.05 Å². The molecule has 2 rings (SSSR count). The van der Waals surface area contributed by atoms with Crippen molar-refractivity contribution in [3.63, 3.8) is 0 Å². The van der Waals surface area contributed by atoms with Crippen molar-refractivity contribution < 1.29 is 4.79 Å². The number of carbonyl (C=O) groups excluding carboxylic acids is 1. The van der Waals surface area contributed by atoms with Gasteiger partial charge in [0.2, 0.25) is 0 Å². The molecule has 94 valence electrons. The molecule has 1 saturated carbocycles. The van der Waals surface area contributed by atoms with Gasteiger partial charge in [-0.25, -0.2) is 0 Å². The van der Waals surface area contributed by atoms with Crippen molar-refractivity contribution in [2.24, 2.45) is 0 Å². The van der Waals surface area contributed by atoms with E-state index in [0.717, 1.165) is 21.3 Å². The molecule has 0 spiro atoms. The lowest BCUT2D eigenvalue weighted by Gasteiger charge is -2.34. The summed E-state index contributed by atoms with van der Waals surface area (Å²) in [4.78, 5) is 14.1. The van der Waals surface area contributed by atoms with Crippen molar-refractivity contribution in [2.45, 2.75) is 37.1 Å². The molecule has 1 fully saturated rings. The van der Waals surface area contributed by atoms with Gasteiger partial charge in [0.05, 0.1) is 13.8 Å². The Balaban J connectivity index is 2.08. The second-order valence-electron chi connectivity index (χ2n) is 4.42. The summed E-state index contributed by atoms with van der Waals surface area (Å²) in [5.74, 6) is 0.0988. The first kappa shape index (κ1) is 13.6. The summed E-state index contributed by atoms with van der Waals surface area (Å²) in [7, 11) is 1.87. The lowest BCUT2D eigenvalue weighted by molar-refractivity contribution is 0.0701. The van der Waals surface area contributed by atoms with Crippen LogP contribution in [0.15, 0.2) is 11.4 Å². The third-order valence-corrected chi connectivity index (χ3v) is 5.58. The van der Waals surface area contributed by atoms with Gasteiger partial charge in [-0.05, 0) is 41.5 Å². The minimum absolute atomic E-state index is 0.0988. The number of hydrogen-bond donors (Lipinski definition) is 0. The van der Waals surface area contributed by atoms with Gasteiger partial charge in [0, 0.05) is 18.5 Å². The molecule has 2 nitrogen and oxygen atoms in total. The molecule has 17 heavy (non-hydrogen) atoms. The number of amides is 1. The first-order valence-electron chi connectivity index (χ1n) is 5.75. The van der Waals surface area contributed by atoms with Crippen LogP contribution < -0.4 is 0 Å². The molecule has 1 aromatic heterocycles. The third-order valence-electron chi connectivity index (χ3n) is 3.28. The number of halogens is 2. The molecule has 0 N–H and O–H groups in total. The summed E-state index contributed by atoms with van der Waals surface area (Å²) in [6.07, 6.45) is 4.40. The quantitative estimate of drug-likeness (QED) is 0.559. The Kier molecular flexibility index (Phi) is 4.72. The van der Waals surface area contributed by atoms with E-state index < -0.39 is 0 Å². The number of hydrogen-bond acceptors (Lipinski definition) is 2. The van der Waals surface area contributed by atoms with E-state index in [1.165, 1.54) is 12.8 Å². The number of carbonyl (C=O) groups is 1. The minimum atomic E-state index is 0.0988. The summed E-state index contributed by atoms with van der Waals surface area (Å²) in [5.41, 5.74) is 0.788. The summed E-state index contributed by atoms with van der Waals surface area (Å²) in [5, 5.41) is 2.03. The Morgan fingerprint density at radius 1 is 1.53 bits per heavy atom. The Morgan fingerprint density at radius 3 is 2.82 bits per heavy atom. The molecule has 1 aliphatic rings. The molecule has 1 heterocycles. The third kappa shape index (κ3) is 3.15. The molecule has 0 radical (unpaired) electrons. The van der Waals surface area contributed by atoms with Gasteiger partial charge in [0.1, 0.15) is 0 Å². The predicted octanol–water partition coefficient (Wildman–Crippen LogP) is 3.97. The molecule has 0 saturated heterocycles. The maximum Gasteiger partial charge on any atom is 0.254 e. The fraction of sp³-hybridized carbons (Fsp3) is 0.583. The van der Waals surface area contributed by atoms with Crippen LogP contribution in [0.5, 0.6) is 0 Å². The van der Waals surface area contributed by atoms with Gasteiger partial charge in [-0.2, -0.15) is 0 Å². The van der Waals surface area contributed by atoms with E-state index in [0.29, 0.717) is 0 Å². The van der Waals surface area contributed by atoms with Crippen molar-refractivity contribution in [3.05, 3.63) is 19.9 Å². The van der Waals surface area contributed by atoms with Crippen LogP contribution in [-0.2, 0) is 0 Å². The van der Waals surface area contributed by atoms with E-state index in [9.17, 15) is 4.79 Å². The van der Waals surface area contributed by atoms with Crippen LogP contribution in [0.25, 0.3) is 0 Å². The highest BCUT2D eigenvalue weighted by atomic mass is 127. The molecule has 1 amide bonds. The van der Waals surface area contributed by atoms with Crippen molar-refractivity contribution in [3.8, 4) is 0 Å². The highest BCUT2D eigenvalue weighted by Crippen LogP contribution is 2.28. The Labute approximate surface area is 124 Å². The molecule has 0 aromatic carbocycles. The van der Waals surface area contributed by atoms with Gasteiger partial charge >= 0.3 is 0 Å². The van der Waals surface area contributed by atoms with Crippen LogP contribution in [-0.4, -0.2) is 29.3 Å². The fourth-order valence-corrected chi connectivity index (χ4v) is 4.05. The lowest BCUT2D eigenvalue weighted by Crippen LogP contribution is -2.44. The van der Waals surface area contributed by atoms with E-state index in [4.69, 9.17) is 11.6 Å². The maximum atomic E-state index is 12.3.